The number of carbonyl (C=O) groups excluding carboxylic acids is 1. The van der Waals surface area contributed by atoms with Crippen molar-refractivity contribution in [2.45, 2.75) is 17.2 Å². The summed E-state index contributed by atoms with van der Waals surface area (Å²) in [5.41, 5.74) is 2.23. The van der Waals surface area contributed by atoms with Gasteiger partial charge in [0.15, 0.2) is 0 Å². The van der Waals surface area contributed by atoms with E-state index in [4.69, 9.17) is 4.74 Å². The molecule has 122 valence electrons. The Morgan fingerprint density at radius 1 is 1.13 bits per heavy atom. The molecule has 0 bridgehead atoms. The summed E-state index contributed by atoms with van der Waals surface area (Å²) in [6.45, 7) is 0.492. The molecule has 1 amide bonds. The normalized spacial score (nSPS) is 10.3. The van der Waals surface area contributed by atoms with Crippen LogP contribution in [0.4, 0.5) is 0 Å². The fourth-order valence-electron chi connectivity index (χ4n) is 2.08. The van der Waals surface area contributed by atoms with Crippen LogP contribution in [-0.4, -0.2) is 25.0 Å². The van der Waals surface area contributed by atoms with Gasteiger partial charge in [-0.3, -0.25) is 4.79 Å². The minimum absolute atomic E-state index is 0.0432. The monoisotopic (exact) mass is 347 g/mol. The van der Waals surface area contributed by atoms with Crippen LogP contribution in [0.25, 0.3) is 0 Å². The molecule has 2 aromatic carbocycles. The van der Waals surface area contributed by atoms with Gasteiger partial charge in [0.05, 0.1) is 12.9 Å². The van der Waals surface area contributed by atoms with Gasteiger partial charge in [-0.2, -0.15) is 0 Å². The van der Waals surface area contributed by atoms with Crippen LogP contribution in [-0.2, 0) is 17.1 Å². The number of ether oxygens (including phenoxy) is 1. The standard InChI is InChI=1S/C18H21NO2S2/c1-21-17-6-4-3-5-15(17)11-19-18(20)13-23-12-14-7-9-16(22-2)10-8-14/h3-10H,11-13H2,1-2H3,(H,19,20). The van der Waals surface area contributed by atoms with Gasteiger partial charge in [-0.1, -0.05) is 30.3 Å². The fourth-order valence-corrected chi connectivity index (χ4v) is 3.30. The number of nitrogens with one attached hydrogen (secondary N) is 1. The molecule has 0 aromatic heterocycles. The lowest BCUT2D eigenvalue weighted by atomic mass is 10.2. The SMILES string of the molecule is COc1ccccc1CNC(=O)CSCc1ccc(SC)cc1. The second kappa shape index (κ2) is 9.53. The molecule has 0 heterocycles. The van der Waals surface area contributed by atoms with Crippen LogP contribution < -0.4 is 10.1 Å². The summed E-state index contributed by atoms with van der Waals surface area (Å²) < 4.78 is 5.28. The Morgan fingerprint density at radius 2 is 1.87 bits per heavy atom. The van der Waals surface area contributed by atoms with Crippen LogP contribution in [0.2, 0.25) is 0 Å². The Kier molecular flexibility index (Phi) is 7.36. The Hall–Kier alpha value is -1.59. The average Bonchev–Trinajstić information content (AvgIpc) is 2.60. The number of para-hydroxylation sites is 1. The van der Waals surface area contributed by atoms with E-state index >= 15 is 0 Å². The van der Waals surface area contributed by atoms with Crippen molar-refractivity contribution in [2.24, 2.45) is 0 Å². The molecule has 0 aliphatic heterocycles. The number of thioether (sulfide) groups is 2. The van der Waals surface area contributed by atoms with E-state index in [9.17, 15) is 4.79 Å². The molecule has 3 nitrogen and oxygen atoms in total. The van der Waals surface area contributed by atoms with Crippen molar-refractivity contribution in [1.29, 1.82) is 0 Å². The number of methoxy groups -OCH3 is 1. The Labute approximate surface area is 146 Å². The van der Waals surface area contributed by atoms with Gasteiger partial charge in [0.25, 0.3) is 0 Å². The maximum atomic E-state index is 11.9. The number of hydrogen-bond acceptors (Lipinski definition) is 4. The molecule has 0 atom stereocenters. The zero-order chi connectivity index (χ0) is 16.5. The van der Waals surface area contributed by atoms with E-state index in [2.05, 4.69) is 35.8 Å². The van der Waals surface area contributed by atoms with Crippen molar-refractivity contribution in [3.63, 3.8) is 0 Å². The van der Waals surface area contributed by atoms with Crippen LogP contribution in [0.5, 0.6) is 5.75 Å². The van der Waals surface area contributed by atoms with E-state index in [1.807, 2.05) is 24.3 Å². The predicted molar refractivity (Wildman–Crippen MR) is 99.2 cm³/mol. The number of carbonyl (C=O) groups is 1. The first kappa shape index (κ1) is 17.8. The summed E-state index contributed by atoms with van der Waals surface area (Å²) in [7, 11) is 1.64. The van der Waals surface area contributed by atoms with E-state index in [1.165, 1.54) is 10.5 Å². The van der Waals surface area contributed by atoms with Gasteiger partial charge in [-0.05, 0) is 30.0 Å². The first-order chi connectivity index (χ1) is 11.2. The highest BCUT2D eigenvalue weighted by atomic mass is 32.2. The first-order valence-corrected chi connectivity index (χ1v) is 9.70. The third kappa shape index (κ3) is 5.84. The minimum atomic E-state index is 0.0432. The van der Waals surface area contributed by atoms with Crippen molar-refractivity contribution < 1.29 is 9.53 Å². The first-order valence-electron chi connectivity index (χ1n) is 7.32. The smallest absolute Gasteiger partial charge is 0.230 e. The maximum absolute atomic E-state index is 11.9. The van der Waals surface area contributed by atoms with Gasteiger partial charge < -0.3 is 10.1 Å². The molecule has 0 radical (unpaired) electrons. The van der Waals surface area contributed by atoms with Gasteiger partial charge >= 0.3 is 0 Å². The molecule has 0 aliphatic carbocycles. The number of benzene rings is 2. The van der Waals surface area contributed by atoms with E-state index in [-0.39, 0.29) is 5.91 Å². The number of amides is 1. The lowest BCUT2D eigenvalue weighted by Gasteiger charge is -2.09. The fraction of sp³-hybridized carbons (Fsp3) is 0.278. The molecule has 0 fully saturated rings. The van der Waals surface area contributed by atoms with Gasteiger partial charge in [-0.15, -0.1) is 23.5 Å². The number of rotatable bonds is 8. The Balaban J connectivity index is 1.72. The number of hydrogen-bond donors (Lipinski definition) is 1. The van der Waals surface area contributed by atoms with Crippen molar-refractivity contribution in [1.82, 2.24) is 5.32 Å². The van der Waals surface area contributed by atoms with Crippen molar-refractivity contribution in [2.75, 3.05) is 19.1 Å². The average molecular weight is 348 g/mol. The summed E-state index contributed by atoms with van der Waals surface area (Å²) in [5, 5.41) is 2.94. The summed E-state index contributed by atoms with van der Waals surface area (Å²) in [4.78, 5) is 13.2. The largest absolute Gasteiger partial charge is 0.496 e. The highest BCUT2D eigenvalue weighted by molar-refractivity contribution is 7.99. The summed E-state index contributed by atoms with van der Waals surface area (Å²) in [5.74, 6) is 2.15. The molecular weight excluding hydrogens is 326 g/mol. The Bertz CT molecular complexity index is 629. The zero-order valence-corrected chi connectivity index (χ0v) is 15.0. The molecule has 0 saturated heterocycles. The third-order valence-electron chi connectivity index (χ3n) is 3.33. The van der Waals surface area contributed by atoms with Crippen LogP contribution >= 0.6 is 23.5 Å². The minimum Gasteiger partial charge on any atom is -0.496 e. The molecule has 0 aliphatic rings. The van der Waals surface area contributed by atoms with Gasteiger partial charge in [0, 0.05) is 22.8 Å². The zero-order valence-electron chi connectivity index (χ0n) is 13.4. The van der Waals surface area contributed by atoms with Crippen molar-refractivity contribution in [3.05, 3.63) is 59.7 Å². The summed E-state index contributed by atoms with van der Waals surface area (Å²) >= 11 is 3.36. The summed E-state index contributed by atoms with van der Waals surface area (Å²) in [6, 6.07) is 16.2. The van der Waals surface area contributed by atoms with Crippen molar-refractivity contribution in [3.8, 4) is 5.75 Å². The molecule has 2 aromatic rings. The van der Waals surface area contributed by atoms with Crippen LogP contribution in [0.15, 0.2) is 53.4 Å². The second-order valence-corrected chi connectivity index (χ2v) is 6.79. The highest BCUT2D eigenvalue weighted by Crippen LogP contribution is 2.19. The highest BCUT2D eigenvalue weighted by Gasteiger charge is 2.05. The lowest BCUT2D eigenvalue weighted by molar-refractivity contribution is -0.118. The topological polar surface area (TPSA) is 38.3 Å². The molecule has 5 heteroatoms. The molecule has 0 saturated carbocycles. The molecule has 23 heavy (non-hydrogen) atoms. The van der Waals surface area contributed by atoms with Crippen LogP contribution in [0.1, 0.15) is 11.1 Å². The molecule has 2 rings (SSSR count). The maximum Gasteiger partial charge on any atom is 0.230 e. The van der Waals surface area contributed by atoms with E-state index < -0.39 is 0 Å². The molecule has 0 unspecified atom stereocenters. The van der Waals surface area contributed by atoms with E-state index in [0.29, 0.717) is 12.3 Å². The van der Waals surface area contributed by atoms with Crippen LogP contribution in [0.3, 0.4) is 0 Å². The second-order valence-electron chi connectivity index (χ2n) is 4.93. The van der Waals surface area contributed by atoms with E-state index in [1.54, 1.807) is 30.6 Å². The molecule has 0 spiro atoms. The lowest BCUT2D eigenvalue weighted by Crippen LogP contribution is -2.24. The quantitative estimate of drug-likeness (QED) is 0.734. The van der Waals surface area contributed by atoms with Crippen molar-refractivity contribution >= 4 is 29.4 Å². The van der Waals surface area contributed by atoms with Gasteiger partial charge in [-0.25, -0.2) is 0 Å². The summed E-state index contributed by atoms with van der Waals surface area (Å²) in [6.07, 6.45) is 2.07. The van der Waals surface area contributed by atoms with Gasteiger partial charge in [0.2, 0.25) is 5.91 Å². The van der Waals surface area contributed by atoms with Crippen LogP contribution in [0, 0.1) is 0 Å². The predicted octanol–water partition coefficient (Wildman–Crippen LogP) is 3.97. The third-order valence-corrected chi connectivity index (χ3v) is 5.08. The molecule has 1 N–H and O–H groups in total. The van der Waals surface area contributed by atoms with E-state index in [0.717, 1.165) is 17.1 Å². The Morgan fingerprint density at radius 3 is 2.57 bits per heavy atom. The molecular formula is C18H21NO2S2. The van der Waals surface area contributed by atoms with Gasteiger partial charge in [0.1, 0.15) is 5.75 Å².